The fourth-order valence-electron chi connectivity index (χ4n) is 2.53. The van der Waals surface area contributed by atoms with Crippen LogP contribution < -0.4 is 5.56 Å². The number of aryl methyl sites for hydroxylation is 1. The molecule has 0 radical (unpaired) electrons. The molecule has 0 saturated carbocycles. The van der Waals surface area contributed by atoms with Crippen molar-refractivity contribution in [1.82, 2.24) is 14.1 Å². The van der Waals surface area contributed by atoms with Crippen LogP contribution >= 0.6 is 0 Å². The minimum Gasteiger partial charge on any atom is -0.268 e. The summed E-state index contributed by atoms with van der Waals surface area (Å²) in [5, 5.41) is 4.16. The first-order valence-electron chi connectivity index (χ1n) is 7.13. The van der Waals surface area contributed by atoms with Crippen LogP contribution in [0.1, 0.15) is 12.8 Å². The average molecular weight is 319 g/mol. The van der Waals surface area contributed by atoms with E-state index < -0.39 is 10.0 Å². The van der Waals surface area contributed by atoms with E-state index in [4.69, 9.17) is 0 Å². The predicted octanol–water partition coefficient (Wildman–Crippen LogP) is 1.23. The fourth-order valence-corrected chi connectivity index (χ4v) is 4.05. The van der Waals surface area contributed by atoms with E-state index in [1.807, 2.05) is 0 Å². The largest absolute Gasteiger partial charge is 0.268 e. The molecule has 0 spiro atoms. The molecule has 0 N–H and O–H groups in total. The SMILES string of the molecule is Cn1nc(-c2ccc(S(=O)(=O)N3CCCC3)cc2)ccc1=O. The van der Waals surface area contributed by atoms with Gasteiger partial charge >= 0.3 is 0 Å². The first-order valence-corrected chi connectivity index (χ1v) is 8.57. The van der Waals surface area contributed by atoms with Gasteiger partial charge in [0.25, 0.3) is 5.56 Å². The third-order valence-electron chi connectivity index (χ3n) is 3.81. The van der Waals surface area contributed by atoms with Crippen molar-refractivity contribution in [2.24, 2.45) is 7.05 Å². The van der Waals surface area contributed by atoms with Crippen LogP contribution in [0.4, 0.5) is 0 Å². The van der Waals surface area contributed by atoms with Crippen molar-refractivity contribution in [3.8, 4) is 11.3 Å². The number of aromatic nitrogens is 2. The average Bonchev–Trinajstić information content (AvgIpc) is 3.05. The Hall–Kier alpha value is -1.99. The number of sulfonamides is 1. The molecule has 1 saturated heterocycles. The van der Waals surface area contributed by atoms with E-state index in [0.29, 0.717) is 23.7 Å². The molecule has 0 aliphatic carbocycles. The third-order valence-corrected chi connectivity index (χ3v) is 5.73. The van der Waals surface area contributed by atoms with Crippen molar-refractivity contribution in [3.63, 3.8) is 0 Å². The lowest BCUT2D eigenvalue weighted by Gasteiger charge is -2.15. The van der Waals surface area contributed by atoms with Gasteiger partial charge in [-0.2, -0.15) is 9.40 Å². The molecule has 1 fully saturated rings. The predicted molar refractivity (Wildman–Crippen MR) is 82.9 cm³/mol. The summed E-state index contributed by atoms with van der Waals surface area (Å²) in [6.07, 6.45) is 1.83. The molecule has 7 heteroatoms. The van der Waals surface area contributed by atoms with E-state index in [1.54, 1.807) is 37.4 Å². The molecule has 1 aliphatic heterocycles. The van der Waals surface area contributed by atoms with Gasteiger partial charge in [-0.15, -0.1) is 0 Å². The summed E-state index contributed by atoms with van der Waals surface area (Å²) >= 11 is 0. The van der Waals surface area contributed by atoms with Gasteiger partial charge in [0, 0.05) is 31.8 Å². The second kappa shape index (κ2) is 5.66. The maximum absolute atomic E-state index is 12.4. The van der Waals surface area contributed by atoms with Crippen LogP contribution in [0.2, 0.25) is 0 Å². The van der Waals surface area contributed by atoms with Crippen molar-refractivity contribution >= 4 is 10.0 Å². The topological polar surface area (TPSA) is 72.3 Å². The van der Waals surface area contributed by atoms with E-state index in [9.17, 15) is 13.2 Å². The highest BCUT2D eigenvalue weighted by Gasteiger charge is 2.26. The first kappa shape index (κ1) is 14.9. The van der Waals surface area contributed by atoms with E-state index in [-0.39, 0.29) is 5.56 Å². The van der Waals surface area contributed by atoms with Crippen molar-refractivity contribution in [2.45, 2.75) is 17.7 Å². The Morgan fingerprint density at radius 2 is 1.64 bits per heavy atom. The Morgan fingerprint density at radius 3 is 2.23 bits per heavy atom. The molecule has 1 aromatic carbocycles. The van der Waals surface area contributed by atoms with Gasteiger partial charge in [0.1, 0.15) is 0 Å². The van der Waals surface area contributed by atoms with Crippen molar-refractivity contribution in [1.29, 1.82) is 0 Å². The molecule has 0 unspecified atom stereocenters. The summed E-state index contributed by atoms with van der Waals surface area (Å²) < 4.78 is 27.7. The second-order valence-corrected chi connectivity index (χ2v) is 7.25. The molecular weight excluding hydrogens is 302 g/mol. The highest BCUT2D eigenvalue weighted by Crippen LogP contribution is 2.23. The quantitative estimate of drug-likeness (QED) is 0.853. The van der Waals surface area contributed by atoms with Crippen molar-refractivity contribution < 1.29 is 8.42 Å². The lowest BCUT2D eigenvalue weighted by molar-refractivity contribution is 0.477. The Labute approximate surface area is 129 Å². The first-order chi connectivity index (χ1) is 10.5. The van der Waals surface area contributed by atoms with Crippen LogP contribution in [0.15, 0.2) is 46.1 Å². The van der Waals surface area contributed by atoms with Gasteiger partial charge in [0.2, 0.25) is 10.0 Å². The molecule has 1 aromatic heterocycles. The summed E-state index contributed by atoms with van der Waals surface area (Å²) in [5.74, 6) is 0. The van der Waals surface area contributed by atoms with Gasteiger partial charge < -0.3 is 0 Å². The van der Waals surface area contributed by atoms with Gasteiger partial charge in [-0.3, -0.25) is 4.79 Å². The van der Waals surface area contributed by atoms with Crippen LogP contribution in [0, 0.1) is 0 Å². The van der Waals surface area contributed by atoms with E-state index in [1.165, 1.54) is 15.1 Å². The normalized spacial score (nSPS) is 16.0. The van der Waals surface area contributed by atoms with Crippen LogP contribution in [-0.2, 0) is 17.1 Å². The smallest absolute Gasteiger partial charge is 0.266 e. The number of hydrogen-bond acceptors (Lipinski definition) is 4. The van der Waals surface area contributed by atoms with Gasteiger partial charge in [0.05, 0.1) is 10.6 Å². The van der Waals surface area contributed by atoms with Crippen LogP contribution in [0.5, 0.6) is 0 Å². The molecule has 1 aliphatic rings. The Morgan fingerprint density at radius 1 is 1.00 bits per heavy atom. The zero-order chi connectivity index (χ0) is 15.7. The van der Waals surface area contributed by atoms with Crippen molar-refractivity contribution in [3.05, 3.63) is 46.8 Å². The lowest BCUT2D eigenvalue weighted by atomic mass is 10.1. The Kier molecular flexibility index (Phi) is 3.84. The number of benzene rings is 1. The fraction of sp³-hybridized carbons (Fsp3) is 0.333. The molecule has 0 atom stereocenters. The van der Waals surface area contributed by atoms with Gasteiger partial charge in [-0.1, -0.05) is 12.1 Å². The van der Waals surface area contributed by atoms with Gasteiger partial charge in [-0.05, 0) is 31.0 Å². The molecular formula is C15H17N3O3S. The zero-order valence-corrected chi connectivity index (χ0v) is 13.1. The molecule has 0 amide bonds. The highest BCUT2D eigenvalue weighted by molar-refractivity contribution is 7.89. The number of nitrogens with zero attached hydrogens (tertiary/aromatic N) is 3. The third kappa shape index (κ3) is 2.69. The molecule has 22 heavy (non-hydrogen) atoms. The molecule has 2 aromatic rings. The molecule has 3 rings (SSSR count). The zero-order valence-electron chi connectivity index (χ0n) is 12.3. The molecule has 2 heterocycles. The van der Waals surface area contributed by atoms with E-state index in [0.717, 1.165) is 18.4 Å². The monoisotopic (exact) mass is 319 g/mol. The van der Waals surface area contributed by atoms with Gasteiger partial charge in [-0.25, -0.2) is 13.1 Å². The van der Waals surface area contributed by atoms with E-state index >= 15 is 0 Å². The minimum absolute atomic E-state index is 0.183. The summed E-state index contributed by atoms with van der Waals surface area (Å²) in [6, 6.07) is 9.70. The number of hydrogen-bond donors (Lipinski definition) is 0. The van der Waals surface area contributed by atoms with Gasteiger partial charge in [0.15, 0.2) is 0 Å². The Bertz CT molecular complexity index is 835. The van der Waals surface area contributed by atoms with Crippen LogP contribution in [-0.4, -0.2) is 35.6 Å². The van der Waals surface area contributed by atoms with Crippen LogP contribution in [0.3, 0.4) is 0 Å². The molecule has 116 valence electrons. The van der Waals surface area contributed by atoms with Crippen molar-refractivity contribution in [2.75, 3.05) is 13.1 Å². The summed E-state index contributed by atoms with van der Waals surface area (Å²) in [4.78, 5) is 11.6. The maximum atomic E-state index is 12.4. The second-order valence-electron chi connectivity index (χ2n) is 5.32. The maximum Gasteiger partial charge on any atom is 0.266 e. The lowest BCUT2D eigenvalue weighted by Crippen LogP contribution is -2.27. The number of rotatable bonds is 3. The summed E-state index contributed by atoms with van der Waals surface area (Å²) in [5.41, 5.74) is 1.22. The van der Waals surface area contributed by atoms with E-state index in [2.05, 4.69) is 5.10 Å². The summed E-state index contributed by atoms with van der Waals surface area (Å²) in [6.45, 7) is 1.18. The Balaban J connectivity index is 1.92. The molecule has 6 nitrogen and oxygen atoms in total. The highest BCUT2D eigenvalue weighted by atomic mass is 32.2. The van der Waals surface area contributed by atoms with Crippen LogP contribution in [0.25, 0.3) is 11.3 Å². The minimum atomic E-state index is -3.39. The molecule has 0 bridgehead atoms. The standard InChI is InChI=1S/C15H17N3O3S/c1-17-15(19)9-8-14(16-17)12-4-6-13(7-5-12)22(20,21)18-10-2-3-11-18/h4-9H,2-3,10-11H2,1H3. The summed E-state index contributed by atoms with van der Waals surface area (Å²) in [7, 11) is -1.81.